The number of rotatable bonds is 4. The van der Waals surface area contributed by atoms with E-state index in [1.165, 1.54) is 5.56 Å². The molecule has 6 heteroatoms. The molecule has 3 aromatic heterocycles. The molecule has 6 rings (SSSR count). The van der Waals surface area contributed by atoms with Crippen LogP contribution in [0, 0.1) is 11.3 Å². The second-order valence-electron chi connectivity index (χ2n) is 10.5. The molecule has 0 spiro atoms. The van der Waals surface area contributed by atoms with Crippen LogP contribution in [0.3, 0.4) is 0 Å². The SMILES string of the molecule is Cn1ccnc1-c1cccc(Oc2ccc3c4ccc(C#N)cc4n(-c4cc(C(C)(C)C)ccn4)c3c2)c1. The van der Waals surface area contributed by atoms with Gasteiger partial charge in [-0.3, -0.25) is 4.57 Å². The van der Waals surface area contributed by atoms with E-state index in [1.54, 1.807) is 6.20 Å². The molecule has 0 amide bonds. The molecular weight excluding hydrogens is 470 g/mol. The van der Waals surface area contributed by atoms with Crippen molar-refractivity contribution in [1.82, 2.24) is 19.1 Å². The van der Waals surface area contributed by atoms with E-state index in [0.29, 0.717) is 11.3 Å². The standard InChI is InChI=1S/C32H27N5O/c1-32(2,3)23-12-13-34-30(18-23)37-28-16-21(20-33)8-10-26(28)27-11-9-25(19-29(27)37)38-24-7-5-6-22(17-24)31-35-14-15-36(31)4/h5-19H,1-4H3. The fraction of sp³-hybridized carbons (Fsp3) is 0.156. The van der Waals surface area contributed by atoms with Crippen molar-refractivity contribution in [2.75, 3.05) is 0 Å². The van der Waals surface area contributed by atoms with Gasteiger partial charge in [-0.25, -0.2) is 9.97 Å². The quantitative estimate of drug-likeness (QED) is 0.252. The molecule has 0 atom stereocenters. The van der Waals surface area contributed by atoms with Crippen LogP contribution in [0.1, 0.15) is 31.9 Å². The van der Waals surface area contributed by atoms with E-state index in [2.05, 4.69) is 54.6 Å². The number of nitriles is 1. The highest BCUT2D eigenvalue weighted by Gasteiger charge is 2.18. The van der Waals surface area contributed by atoms with E-state index in [9.17, 15) is 5.26 Å². The molecule has 38 heavy (non-hydrogen) atoms. The Balaban J connectivity index is 1.51. The molecule has 0 saturated heterocycles. The van der Waals surface area contributed by atoms with Gasteiger partial charge < -0.3 is 9.30 Å². The number of benzene rings is 3. The van der Waals surface area contributed by atoms with Gasteiger partial charge in [-0.2, -0.15) is 5.26 Å². The minimum atomic E-state index is -0.0270. The Labute approximate surface area is 221 Å². The number of ether oxygens (including phenoxy) is 1. The lowest BCUT2D eigenvalue weighted by Gasteiger charge is -2.20. The molecule has 6 nitrogen and oxygen atoms in total. The summed E-state index contributed by atoms with van der Waals surface area (Å²) in [6.07, 6.45) is 5.57. The van der Waals surface area contributed by atoms with Crippen LogP contribution in [-0.2, 0) is 12.5 Å². The summed E-state index contributed by atoms with van der Waals surface area (Å²) in [6, 6.07) is 26.3. The van der Waals surface area contributed by atoms with Crippen LogP contribution in [0.25, 0.3) is 39.0 Å². The average molecular weight is 498 g/mol. The predicted molar refractivity (Wildman–Crippen MR) is 151 cm³/mol. The highest BCUT2D eigenvalue weighted by Crippen LogP contribution is 2.36. The molecule has 0 aliphatic heterocycles. The van der Waals surface area contributed by atoms with E-state index in [4.69, 9.17) is 9.72 Å². The molecule has 0 saturated carbocycles. The van der Waals surface area contributed by atoms with Crippen molar-refractivity contribution in [3.8, 4) is 34.8 Å². The van der Waals surface area contributed by atoms with Gasteiger partial charge in [0, 0.05) is 48.0 Å². The molecule has 3 heterocycles. The van der Waals surface area contributed by atoms with Crippen LogP contribution >= 0.6 is 0 Å². The number of hydrogen-bond acceptors (Lipinski definition) is 4. The largest absolute Gasteiger partial charge is 0.457 e. The van der Waals surface area contributed by atoms with Gasteiger partial charge in [0.2, 0.25) is 0 Å². The number of pyridine rings is 1. The van der Waals surface area contributed by atoms with Gasteiger partial charge in [0.25, 0.3) is 0 Å². The Bertz CT molecular complexity index is 1860. The molecule has 3 aromatic carbocycles. The second-order valence-corrected chi connectivity index (χ2v) is 10.5. The van der Waals surface area contributed by atoms with E-state index < -0.39 is 0 Å². The van der Waals surface area contributed by atoms with E-state index in [1.807, 2.05) is 78.6 Å². The fourth-order valence-electron chi connectivity index (χ4n) is 4.86. The van der Waals surface area contributed by atoms with Crippen LogP contribution in [-0.4, -0.2) is 19.1 Å². The highest BCUT2D eigenvalue weighted by atomic mass is 16.5. The third kappa shape index (κ3) is 4.08. The summed E-state index contributed by atoms with van der Waals surface area (Å²) in [5, 5.41) is 11.7. The van der Waals surface area contributed by atoms with Crippen LogP contribution in [0.4, 0.5) is 0 Å². The van der Waals surface area contributed by atoms with Crippen molar-refractivity contribution >= 4 is 21.8 Å². The maximum atomic E-state index is 9.60. The maximum Gasteiger partial charge on any atom is 0.139 e. The lowest BCUT2D eigenvalue weighted by atomic mass is 9.88. The number of fused-ring (bicyclic) bond motifs is 3. The van der Waals surface area contributed by atoms with Crippen molar-refractivity contribution in [3.63, 3.8) is 0 Å². The number of aryl methyl sites for hydroxylation is 1. The zero-order valence-electron chi connectivity index (χ0n) is 21.8. The molecule has 0 N–H and O–H groups in total. The molecule has 0 aliphatic rings. The van der Waals surface area contributed by atoms with E-state index >= 15 is 0 Å². The predicted octanol–water partition coefficient (Wildman–Crippen LogP) is 7.54. The third-order valence-corrected chi connectivity index (χ3v) is 6.86. The molecule has 186 valence electrons. The Kier molecular flexibility index (Phi) is 5.50. The number of aromatic nitrogens is 4. The molecule has 0 unspecified atom stereocenters. The molecule has 6 aromatic rings. The molecule has 0 fully saturated rings. The fourth-order valence-corrected chi connectivity index (χ4v) is 4.86. The summed E-state index contributed by atoms with van der Waals surface area (Å²) in [4.78, 5) is 9.20. The smallest absolute Gasteiger partial charge is 0.139 e. The zero-order chi connectivity index (χ0) is 26.4. The minimum absolute atomic E-state index is 0.0270. The Morgan fingerprint density at radius 3 is 2.32 bits per heavy atom. The summed E-state index contributed by atoms with van der Waals surface area (Å²) in [7, 11) is 1.98. The van der Waals surface area contributed by atoms with Crippen molar-refractivity contribution in [1.29, 1.82) is 5.26 Å². The Morgan fingerprint density at radius 1 is 0.816 bits per heavy atom. The third-order valence-electron chi connectivity index (χ3n) is 6.86. The van der Waals surface area contributed by atoms with Gasteiger partial charge >= 0.3 is 0 Å². The van der Waals surface area contributed by atoms with Gasteiger partial charge in [0.05, 0.1) is 22.7 Å². The molecule has 0 aliphatic carbocycles. The monoisotopic (exact) mass is 497 g/mol. The van der Waals surface area contributed by atoms with Gasteiger partial charge in [-0.05, 0) is 59.5 Å². The van der Waals surface area contributed by atoms with Gasteiger partial charge in [0.15, 0.2) is 0 Å². The van der Waals surface area contributed by atoms with Crippen molar-refractivity contribution in [2.45, 2.75) is 26.2 Å². The van der Waals surface area contributed by atoms with Crippen LogP contribution in [0.15, 0.2) is 91.4 Å². The summed E-state index contributed by atoms with van der Waals surface area (Å²) in [5.41, 5.74) is 4.65. The first kappa shape index (κ1) is 23.5. The lowest BCUT2D eigenvalue weighted by Crippen LogP contribution is -2.12. The van der Waals surface area contributed by atoms with Crippen LogP contribution in [0.2, 0.25) is 0 Å². The topological polar surface area (TPSA) is 68.7 Å². The van der Waals surface area contributed by atoms with Crippen molar-refractivity contribution in [3.05, 3.63) is 103 Å². The van der Waals surface area contributed by atoms with E-state index in [-0.39, 0.29) is 5.41 Å². The Hall–Kier alpha value is -4.89. The Morgan fingerprint density at radius 2 is 1.58 bits per heavy atom. The van der Waals surface area contributed by atoms with Gasteiger partial charge in [-0.15, -0.1) is 0 Å². The lowest BCUT2D eigenvalue weighted by molar-refractivity contribution is 0.483. The normalized spacial score (nSPS) is 11.7. The first-order valence-electron chi connectivity index (χ1n) is 12.5. The first-order chi connectivity index (χ1) is 18.3. The van der Waals surface area contributed by atoms with Gasteiger partial charge in [0.1, 0.15) is 23.1 Å². The average Bonchev–Trinajstić information content (AvgIpc) is 3.48. The number of hydrogen-bond donors (Lipinski definition) is 0. The minimum Gasteiger partial charge on any atom is -0.457 e. The summed E-state index contributed by atoms with van der Waals surface area (Å²) >= 11 is 0. The molecule has 0 bridgehead atoms. The summed E-state index contributed by atoms with van der Waals surface area (Å²) in [5.74, 6) is 3.13. The zero-order valence-corrected chi connectivity index (χ0v) is 21.8. The molecule has 0 radical (unpaired) electrons. The summed E-state index contributed by atoms with van der Waals surface area (Å²) < 4.78 is 10.5. The first-order valence-corrected chi connectivity index (χ1v) is 12.5. The van der Waals surface area contributed by atoms with Gasteiger partial charge in [-0.1, -0.05) is 39.0 Å². The number of nitrogens with zero attached hydrogens (tertiary/aromatic N) is 5. The van der Waals surface area contributed by atoms with E-state index in [0.717, 1.165) is 44.8 Å². The maximum absolute atomic E-state index is 9.60. The van der Waals surface area contributed by atoms with Crippen molar-refractivity contribution < 1.29 is 4.74 Å². The molecular formula is C32H27N5O. The summed E-state index contributed by atoms with van der Waals surface area (Å²) in [6.45, 7) is 6.57. The highest BCUT2D eigenvalue weighted by molar-refractivity contribution is 6.09. The van der Waals surface area contributed by atoms with Crippen LogP contribution < -0.4 is 4.74 Å². The second kappa shape index (κ2) is 8.89. The van der Waals surface area contributed by atoms with Crippen molar-refractivity contribution in [2.24, 2.45) is 7.05 Å². The van der Waals surface area contributed by atoms with Crippen LogP contribution in [0.5, 0.6) is 11.5 Å². The number of imidazole rings is 1.